The smallest absolute Gasteiger partial charge is 0.244 e. The van der Waals surface area contributed by atoms with Gasteiger partial charge < -0.3 is 5.11 Å². The highest BCUT2D eigenvalue weighted by Crippen LogP contribution is 2.33. The minimum absolute atomic E-state index is 0.00276. The van der Waals surface area contributed by atoms with Crippen LogP contribution in [0.15, 0.2) is 23.1 Å². The molecule has 0 aromatic heterocycles. The minimum Gasteiger partial charge on any atom is -0.395 e. The molecule has 2 rings (SSSR count). The maximum atomic E-state index is 12.4. The molecule has 1 atom stereocenters. The molecule has 1 aromatic carbocycles. The second-order valence-corrected chi connectivity index (χ2v) is 6.79. The molecular weight excluding hydrogens is 297 g/mol. The van der Waals surface area contributed by atoms with E-state index in [1.807, 2.05) is 0 Å². The number of rotatable bonds is 3. The molecule has 0 bridgehead atoms. The van der Waals surface area contributed by atoms with Crippen molar-refractivity contribution in [3.63, 3.8) is 0 Å². The SMILES string of the molecule is O=S(=O)(c1cccc(Cl)c1Cl)N1CCCC1CO. The summed E-state index contributed by atoms with van der Waals surface area (Å²) in [6.07, 6.45) is 1.40. The first kappa shape index (κ1) is 14.1. The summed E-state index contributed by atoms with van der Waals surface area (Å²) in [5.41, 5.74) is 0. The summed E-state index contributed by atoms with van der Waals surface area (Å²) in [7, 11) is -3.70. The van der Waals surface area contributed by atoms with E-state index in [0.29, 0.717) is 13.0 Å². The number of hydrogen-bond donors (Lipinski definition) is 1. The number of halogens is 2. The van der Waals surface area contributed by atoms with E-state index in [-0.39, 0.29) is 27.6 Å². The van der Waals surface area contributed by atoms with Gasteiger partial charge in [-0.3, -0.25) is 0 Å². The third-order valence-electron chi connectivity index (χ3n) is 3.04. The van der Waals surface area contributed by atoms with Gasteiger partial charge in [0.15, 0.2) is 0 Å². The van der Waals surface area contributed by atoms with Gasteiger partial charge in [-0.2, -0.15) is 4.31 Å². The van der Waals surface area contributed by atoms with E-state index in [9.17, 15) is 13.5 Å². The highest BCUT2D eigenvalue weighted by molar-refractivity contribution is 7.89. The number of aliphatic hydroxyl groups excluding tert-OH is 1. The molecule has 1 saturated heterocycles. The van der Waals surface area contributed by atoms with Crippen molar-refractivity contribution in [1.29, 1.82) is 0 Å². The Balaban J connectivity index is 2.45. The fourth-order valence-corrected chi connectivity index (χ4v) is 4.54. The van der Waals surface area contributed by atoms with Crippen molar-refractivity contribution in [1.82, 2.24) is 4.31 Å². The van der Waals surface area contributed by atoms with Gasteiger partial charge in [-0.05, 0) is 25.0 Å². The largest absolute Gasteiger partial charge is 0.395 e. The van der Waals surface area contributed by atoms with Crippen LogP contribution in [0.5, 0.6) is 0 Å². The average molecular weight is 310 g/mol. The van der Waals surface area contributed by atoms with Gasteiger partial charge in [-0.15, -0.1) is 0 Å². The third-order valence-corrected chi connectivity index (χ3v) is 5.96. The molecule has 1 heterocycles. The number of nitrogens with zero attached hydrogens (tertiary/aromatic N) is 1. The van der Waals surface area contributed by atoms with Crippen molar-refractivity contribution in [3.8, 4) is 0 Å². The lowest BCUT2D eigenvalue weighted by molar-refractivity contribution is 0.213. The van der Waals surface area contributed by atoms with E-state index in [0.717, 1.165) is 6.42 Å². The molecule has 0 amide bonds. The van der Waals surface area contributed by atoms with Gasteiger partial charge in [0.25, 0.3) is 0 Å². The molecule has 18 heavy (non-hydrogen) atoms. The van der Waals surface area contributed by atoms with E-state index in [1.54, 1.807) is 6.07 Å². The molecular formula is C11H13Cl2NO3S. The van der Waals surface area contributed by atoms with Crippen molar-refractivity contribution in [2.75, 3.05) is 13.2 Å². The van der Waals surface area contributed by atoms with Gasteiger partial charge in [0.1, 0.15) is 4.90 Å². The maximum absolute atomic E-state index is 12.4. The molecule has 0 spiro atoms. The standard InChI is InChI=1S/C11H13Cl2NO3S/c12-9-4-1-5-10(11(9)13)18(16,17)14-6-2-3-8(14)7-15/h1,4-5,8,15H,2-3,6-7H2. The van der Waals surface area contributed by atoms with Crippen molar-refractivity contribution in [2.24, 2.45) is 0 Å². The van der Waals surface area contributed by atoms with E-state index >= 15 is 0 Å². The topological polar surface area (TPSA) is 57.6 Å². The summed E-state index contributed by atoms with van der Waals surface area (Å²) in [4.78, 5) is -0.00276. The van der Waals surface area contributed by atoms with Gasteiger partial charge in [0, 0.05) is 12.6 Å². The molecule has 1 unspecified atom stereocenters. The molecule has 4 nitrogen and oxygen atoms in total. The first-order valence-electron chi connectivity index (χ1n) is 5.55. The summed E-state index contributed by atoms with van der Waals surface area (Å²) in [6, 6.07) is 4.14. The second-order valence-electron chi connectivity index (χ2n) is 4.15. The van der Waals surface area contributed by atoms with Gasteiger partial charge in [-0.25, -0.2) is 8.42 Å². The van der Waals surface area contributed by atoms with Crippen LogP contribution in [-0.2, 0) is 10.0 Å². The van der Waals surface area contributed by atoms with E-state index in [4.69, 9.17) is 23.2 Å². The van der Waals surface area contributed by atoms with Crippen LogP contribution in [0.25, 0.3) is 0 Å². The number of aliphatic hydroxyl groups is 1. The molecule has 1 N–H and O–H groups in total. The summed E-state index contributed by atoms with van der Waals surface area (Å²) in [5.74, 6) is 0. The Kier molecular flexibility index (Phi) is 4.18. The summed E-state index contributed by atoms with van der Waals surface area (Å²) in [6.45, 7) is 0.216. The maximum Gasteiger partial charge on any atom is 0.244 e. The lowest BCUT2D eigenvalue weighted by atomic mass is 10.2. The van der Waals surface area contributed by atoms with E-state index < -0.39 is 10.0 Å². The predicted octanol–water partition coefficient (Wildman–Crippen LogP) is 2.14. The fraction of sp³-hybridized carbons (Fsp3) is 0.455. The monoisotopic (exact) mass is 309 g/mol. The van der Waals surface area contributed by atoms with Crippen LogP contribution in [0.1, 0.15) is 12.8 Å². The zero-order valence-corrected chi connectivity index (χ0v) is 11.8. The van der Waals surface area contributed by atoms with E-state index in [2.05, 4.69) is 0 Å². The minimum atomic E-state index is -3.70. The highest BCUT2D eigenvalue weighted by Gasteiger charge is 2.36. The Morgan fingerprint density at radius 1 is 1.39 bits per heavy atom. The van der Waals surface area contributed by atoms with Gasteiger partial charge in [0.2, 0.25) is 10.0 Å². The Hall–Kier alpha value is -0.330. The normalized spacial score (nSPS) is 21.4. The Bertz CT molecular complexity index is 547. The summed E-state index contributed by atoms with van der Waals surface area (Å²) < 4.78 is 26.2. The lowest BCUT2D eigenvalue weighted by Crippen LogP contribution is -2.37. The van der Waals surface area contributed by atoms with E-state index in [1.165, 1.54) is 16.4 Å². The van der Waals surface area contributed by atoms with Gasteiger partial charge >= 0.3 is 0 Å². The molecule has 1 aliphatic rings. The van der Waals surface area contributed by atoms with Crippen LogP contribution in [0, 0.1) is 0 Å². The molecule has 0 radical (unpaired) electrons. The number of hydrogen-bond acceptors (Lipinski definition) is 3. The van der Waals surface area contributed by atoms with Crippen molar-refractivity contribution in [2.45, 2.75) is 23.8 Å². The quantitative estimate of drug-likeness (QED) is 0.930. The molecule has 7 heteroatoms. The van der Waals surface area contributed by atoms with Crippen LogP contribution in [0.3, 0.4) is 0 Å². The second kappa shape index (κ2) is 5.35. The van der Waals surface area contributed by atoms with Gasteiger partial charge in [-0.1, -0.05) is 29.3 Å². The molecule has 1 fully saturated rings. The van der Waals surface area contributed by atoms with Crippen LogP contribution in [0.4, 0.5) is 0 Å². The Labute approximate surface area is 116 Å². The average Bonchev–Trinajstić information content (AvgIpc) is 2.81. The summed E-state index contributed by atoms with van der Waals surface area (Å²) >= 11 is 11.8. The molecule has 0 aliphatic carbocycles. The zero-order valence-electron chi connectivity index (χ0n) is 9.51. The Morgan fingerprint density at radius 3 is 2.78 bits per heavy atom. The van der Waals surface area contributed by atoms with Crippen LogP contribution >= 0.6 is 23.2 Å². The van der Waals surface area contributed by atoms with Crippen molar-refractivity contribution in [3.05, 3.63) is 28.2 Å². The molecule has 0 saturated carbocycles. The van der Waals surface area contributed by atoms with Crippen LogP contribution in [-0.4, -0.2) is 37.0 Å². The zero-order chi connectivity index (χ0) is 13.3. The molecule has 1 aromatic rings. The Morgan fingerprint density at radius 2 is 2.11 bits per heavy atom. The third kappa shape index (κ3) is 2.38. The first-order chi connectivity index (χ1) is 8.48. The number of benzene rings is 1. The number of sulfonamides is 1. The van der Waals surface area contributed by atoms with Gasteiger partial charge in [0.05, 0.1) is 16.7 Å². The summed E-state index contributed by atoms with van der Waals surface area (Å²) in [5, 5.41) is 9.44. The first-order valence-corrected chi connectivity index (χ1v) is 7.75. The predicted molar refractivity (Wildman–Crippen MR) is 70.5 cm³/mol. The fourth-order valence-electron chi connectivity index (χ4n) is 2.12. The highest BCUT2D eigenvalue weighted by atomic mass is 35.5. The van der Waals surface area contributed by atoms with Crippen molar-refractivity contribution >= 4 is 33.2 Å². The molecule has 1 aliphatic heterocycles. The van der Waals surface area contributed by atoms with Crippen molar-refractivity contribution < 1.29 is 13.5 Å². The molecule has 100 valence electrons. The van der Waals surface area contributed by atoms with Crippen LogP contribution in [0.2, 0.25) is 10.0 Å². The lowest BCUT2D eigenvalue weighted by Gasteiger charge is -2.23. The van der Waals surface area contributed by atoms with Crippen LogP contribution < -0.4 is 0 Å².